The summed E-state index contributed by atoms with van der Waals surface area (Å²) in [6.45, 7) is 8.65. The Balaban J connectivity index is -0.0000000844. The van der Waals surface area contributed by atoms with Crippen LogP contribution in [-0.2, 0) is 14.4 Å². The molecule has 0 bridgehead atoms. The molecule has 0 aliphatic heterocycles. The minimum Gasteiger partial charge on any atom is -0.554 e. The number of nitrogens with zero attached hydrogens (tertiary/aromatic N) is 1. The number of hydrogen-bond donors (Lipinski definition) is 1. The van der Waals surface area contributed by atoms with Gasteiger partial charge in [0.05, 0.1) is 21.1 Å². The van der Waals surface area contributed by atoms with Crippen LogP contribution < -0.4 is 15.3 Å². The summed E-state index contributed by atoms with van der Waals surface area (Å²) in [6, 6.07) is 0. The van der Waals surface area contributed by atoms with Crippen molar-refractivity contribution in [3.8, 4) is 0 Å². The molecule has 0 amide bonds. The van der Waals surface area contributed by atoms with Gasteiger partial charge in [-0.15, -0.1) is 0 Å². The normalized spacial score (nSPS) is 9.75. The van der Waals surface area contributed by atoms with E-state index in [1.807, 2.05) is 6.92 Å². The zero-order chi connectivity index (χ0) is 23.6. The molecule has 8 nitrogen and oxygen atoms in total. The van der Waals surface area contributed by atoms with Crippen LogP contribution in [0.5, 0.6) is 0 Å². The smallest absolute Gasteiger partial charge is 0.0275 e. The van der Waals surface area contributed by atoms with Gasteiger partial charge in [0.15, 0.2) is 0 Å². The Morgan fingerprint density at radius 1 is 1.00 bits per heavy atom. The van der Waals surface area contributed by atoms with Gasteiger partial charge in [0, 0.05) is 18.4 Å². The van der Waals surface area contributed by atoms with E-state index in [2.05, 4.69) is 35.0 Å². The number of hydrogen-bond acceptors (Lipinski definition) is 7. The molecule has 0 saturated heterocycles. The Labute approximate surface area is 181 Å². The summed E-state index contributed by atoms with van der Waals surface area (Å²) in [6.07, 6.45) is 5.65. The van der Waals surface area contributed by atoms with Crippen molar-refractivity contribution < 1.29 is 39.3 Å². The van der Waals surface area contributed by atoms with Gasteiger partial charge in [-0.2, -0.15) is 0 Å². The molecule has 0 aliphatic rings. The maximum absolute atomic E-state index is 8.89. The molecule has 1 N–H and O–H groups in total. The van der Waals surface area contributed by atoms with E-state index >= 15 is 0 Å². The Morgan fingerprint density at radius 2 is 1.25 bits per heavy atom. The SMILES string of the molecule is CC(=O)[O-].CC(=O)[O-].CC(O)C[N+](C)(C)C.CCC[CH2][Sn+2][CH2]CCC.O=C[O-]. The topological polar surface area (TPSA) is 141 Å². The fourth-order valence-electron chi connectivity index (χ4n) is 1.52. The summed E-state index contributed by atoms with van der Waals surface area (Å²) in [5.74, 6) is -2.17. The standard InChI is InChI=1S/C6H16NO.2C4H9.2C2H4O2.CH2O2.Sn/c1-6(8)5-7(2,3)4;2*1-3-4-2;2*1-2(3)4;2-1-3;/h6,8H,5H2,1-4H3;2*1,3-4H2,2H3;2*1H3,(H,3,4);1H,(H,2,3);/q+1;;;;;;+2/p-3. The molecule has 0 spiro atoms. The third-order valence-electron chi connectivity index (χ3n) is 2.23. The molecule has 1 atom stereocenters. The van der Waals surface area contributed by atoms with E-state index in [0.29, 0.717) is 0 Å². The zero-order valence-electron chi connectivity index (χ0n) is 18.9. The van der Waals surface area contributed by atoms with Crippen molar-refractivity contribution in [2.24, 2.45) is 0 Å². The van der Waals surface area contributed by atoms with E-state index in [0.717, 1.165) is 24.9 Å². The van der Waals surface area contributed by atoms with Gasteiger partial charge >= 0.3 is 69.5 Å². The fraction of sp³-hybridized carbons (Fsp3) is 0.842. The summed E-state index contributed by atoms with van der Waals surface area (Å²) >= 11 is 0.149. The van der Waals surface area contributed by atoms with Gasteiger partial charge in [-0.1, -0.05) is 0 Å². The number of carbonyl (C=O) groups is 3. The van der Waals surface area contributed by atoms with Crippen LogP contribution in [0, 0.1) is 0 Å². The molecule has 28 heavy (non-hydrogen) atoms. The maximum atomic E-state index is 8.89. The summed E-state index contributed by atoms with van der Waals surface area (Å²) in [4.78, 5) is 26.0. The average molecular weight is 514 g/mol. The van der Waals surface area contributed by atoms with Crippen molar-refractivity contribution in [2.45, 2.75) is 75.3 Å². The van der Waals surface area contributed by atoms with Gasteiger partial charge in [-0.3, -0.25) is 0 Å². The average Bonchev–Trinajstić information content (AvgIpc) is 2.45. The Kier molecular flexibility index (Phi) is 41.7. The van der Waals surface area contributed by atoms with Crippen LogP contribution in [0.1, 0.15) is 60.3 Å². The Hall–Kier alpha value is -0.871. The first-order chi connectivity index (χ1) is 12.7. The molecule has 0 aromatic heterocycles. The quantitative estimate of drug-likeness (QED) is 0.191. The molecule has 0 fully saturated rings. The summed E-state index contributed by atoms with van der Waals surface area (Å²) in [5, 5.41) is 34.9. The number of aliphatic hydroxyl groups excluding tert-OH is 1. The predicted molar refractivity (Wildman–Crippen MR) is 107 cm³/mol. The van der Waals surface area contributed by atoms with Crippen molar-refractivity contribution in [1.82, 2.24) is 0 Å². The number of likely N-dealkylation sites (N-methyl/N-ethyl adjacent to an activating group) is 1. The van der Waals surface area contributed by atoms with E-state index in [1.54, 1.807) is 8.87 Å². The minimum atomic E-state index is -1.08. The molecule has 0 saturated carbocycles. The summed E-state index contributed by atoms with van der Waals surface area (Å²) in [5.41, 5.74) is 0. The van der Waals surface area contributed by atoms with Crippen molar-refractivity contribution in [1.29, 1.82) is 0 Å². The van der Waals surface area contributed by atoms with E-state index < -0.39 is 18.4 Å². The maximum Gasteiger partial charge on any atom is 0.0275 e. The summed E-state index contributed by atoms with van der Waals surface area (Å²) in [7, 11) is 6.19. The molecule has 1 unspecified atom stereocenters. The van der Waals surface area contributed by atoms with Crippen LogP contribution in [-0.4, -0.2) is 82.9 Å². The van der Waals surface area contributed by atoms with Crippen molar-refractivity contribution in [2.75, 3.05) is 27.7 Å². The van der Waals surface area contributed by atoms with Crippen LogP contribution in [0.4, 0.5) is 0 Å². The molecule has 0 rings (SSSR count). The fourth-order valence-corrected chi connectivity index (χ4v) is 5.68. The van der Waals surface area contributed by atoms with Crippen molar-refractivity contribution in [3.63, 3.8) is 0 Å². The second-order valence-electron chi connectivity index (χ2n) is 6.86. The van der Waals surface area contributed by atoms with Gasteiger partial charge < -0.3 is 39.3 Å². The molecule has 168 valence electrons. The van der Waals surface area contributed by atoms with E-state index in [9.17, 15) is 0 Å². The van der Waals surface area contributed by atoms with Crippen LogP contribution in [0.15, 0.2) is 0 Å². The van der Waals surface area contributed by atoms with Gasteiger partial charge in [-0.05, 0) is 20.8 Å². The number of carbonyl (C=O) groups excluding carboxylic acids is 3. The van der Waals surface area contributed by atoms with Crippen LogP contribution in [0.3, 0.4) is 0 Å². The monoisotopic (exact) mass is 515 g/mol. The van der Waals surface area contributed by atoms with Gasteiger partial charge in [0.1, 0.15) is 12.6 Å². The van der Waals surface area contributed by atoms with Gasteiger partial charge in [0.25, 0.3) is 0 Å². The molecular weight excluding hydrogens is 473 g/mol. The third-order valence-corrected chi connectivity index (χ3v) is 6.26. The second-order valence-corrected chi connectivity index (χ2v) is 11.1. The van der Waals surface area contributed by atoms with Crippen molar-refractivity contribution >= 4 is 39.6 Å². The number of rotatable bonds is 8. The number of aliphatic carboxylic acids is 2. The van der Waals surface area contributed by atoms with Crippen LogP contribution in [0.2, 0.25) is 8.87 Å². The first-order valence-electron chi connectivity index (χ1n) is 9.31. The molecule has 0 aliphatic carbocycles. The zero-order valence-corrected chi connectivity index (χ0v) is 21.8. The number of quaternary nitrogens is 1. The molecule has 0 aromatic rings. The molecule has 9 heteroatoms. The first-order valence-corrected chi connectivity index (χ1v) is 13.3. The van der Waals surface area contributed by atoms with Gasteiger partial charge in [0.2, 0.25) is 0 Å². The third kappa shape index (κ3) is 143. The van der Waals surface area contributed by atoms with Crippen LogP contribution in [0.25, 0.3) is 0 Å². The van der Waals surface area contributed by atoms with E-state index in [4.69, 9.17) is 34.8 Å². The van der Waals surface area contributed by atoms with Crippen LogP contribution >= 0.6 is 0 Å². The van der Waals surface area contributed by atoms with Gasteiger partial charge in [-0.25, -0.2) is 0 Å². The molecular formula is C19H41NO7Sn. The van der Waals surface area contributed by atoms with Crippen molar-refractivity contribution in [3.05, 3.63) is 0 Å². The number of aliphatic hydroxyl groups is 1. The number of unbranched alkanes of at least 4 members (excludes halogenated alkanes) is 2. The van der Waals surface area contributed by atoms with E-state index in [-0.39, 0.29) is 27.2 Å². The first kappa shape index (κ1) is 37.8. The Bertz CT molecular complexity index is 307. The Morgan fingerprint density at radius 3 is 1.36 bits per heavy atom. The predicted octanol–water partition coefficient (Wildman–Crippen LogP) is -0.921. The number of carboxylic acids is 2. The molecule has 0 heterocycles. The second kappa shape index (κ2) is 30.8. The largest absolute Gasteiger partial charge is 0.554 e. The number of carboxylic acid groups (broad SMARTS) is 3. The minimum absolute atomic E-state index is 0.149. The summed E-state index contributed by atoms with van der Waals surface area (Å²) < 4.78 is 4.08. The van der Waals surface area contributed by atoms with E-state index in [1.165, 1.54) is 25.7 Å². The molecule has 0 radical (unpaired) electrons. The molecule has 0 aromatic carbocycles.